The van der Waals surface area contributed by atoms with E-state index in [0.29, 0.717) is 97.6 Å². The van der Waals surface area contributed by atoms with Crippen molar-refractivity contribution in [2.24, 2.45) is 5.73 Å². The number of carbonyl (C=O) groups excluding carboxylic acids is 6. The van der Waals surface area contributed by atoms with E-state index in [1.807, 2.05) is 173 Å². The molecule has 0 bridgehead atoms. The van der Waals surface area contributed by atoms with Gasteiger partial charge in [-0.25, -0.2) is 61.1 Å². The van der Waals surface area contributed by atoms with Crippen LogP contribution in [-0.2, 0) is 70.1 Å². The van der Waals surface area contributed by atoms with E-state index in [1.165, 1.54) is 27.5 Å². The number of nitrogens with zero attached hydrogens (tertiary/aromatic N) is 13. The molecule has 3 aliphatic heterocycles. The number of aldehydes is 1. The van der Waals surface area contributed by atoms with E-state index in [0.717, 1.165) is 158 Å². The van der Waals surface area contributed by atoms with Crippen LogP contribution in [0.2, 0.25) is 0 Å². The van der Waals surface area contributed by atoms with E-state index in [1.54, 1.807) is 69.3 Å². The van der Waals surface area contributed by atoms with E-state index in [4.69, 9.17) is 72.4 Å². The minimum atomic E-state index is -2.32. The molecule has 3 aliphatic rings. The number of esters is 1. The lowest BCUT2D eigenvalue weighted by Gasteiger charge is -2.29. The molecule has 9 heterocycles. The SMILES string of the molecule is CN(CC=O)C(=O)OC(C)(C)C.CN(CCN(CCCN1CCOCC1)C(=O)Oc1c(Cc2ccco2)nc2c(Cc3ccccc3)nc(-c3ccccc3)cn12)C(=O)OC(C)(C)C.CN(CCNCCCN1CCOCC1)C(=O)OC(C)(C)C.NCCCN1CCOCC1.O=C(Cc1c(F)c(F)c(F)c(F)c1F)Oc1c(Cc2ccco2)nc2c(Cc3ccccc3)nc(-c3ccccc3)cn12. The minimum absolute atomic E-state index is 0.0608. The van der Waals surface area contributed by atoms with Crippen molar-refractivity contribution in [1.82, 2.24) is 68.4 Å². The average Bonchev–Trinajstić information content (AvgIpc) is 1.60. The van der Waals surface area contributed by atoms with Gasteiger partial charge >= 0.3 is 30.3 Å². The summed E-state index contributed by atoms with van der Waals surface area (Å²) in [5, 5.41) is 3.37. The normalized spacial score (nSPS) is 13.7. The number of likely N-dealkylation sites (N-methyl/N-ethyl adjacent to an activating group) is 3. The van der Waals surface area contributed by atoms with Gasteiger partial charge in [0.2, 0.25) is 17.6 Å². The number of hydrogen-bond donors (Lipinski definition) is 2. The number of hydrogen-bond acceptors (Lipinski definition) is 25. The molecule has 5 aromatic carbocycles. The van der Waals surface area contributed by atoms with Crippen molar-refractivity contribution in [3.05, 3.63) is 251 Å². The van der Waals surface area contributed by atoms with Crippen LogP contribution in [0.3, 0.4) is 0 Å². The van der Waals surface area contributed by atoms with Gasteiger partial charge in [-0.15, -0.1) is 0 Å². The van der Waals surface area contributed by atoms with Crippen LogP contribution >= 0.6 is 0 Å². The summed E-state index contributed by atoms with van der Waals surface area (Å²) >= 11 is 0. The molecule has 36 heteroatoms. The number of ether oxygens (including phenoxy) is 8. The third-order valence-electron chi connectivity index (χ3n) is 21.6. The van der Waals surface area contributed by atoms with Gasteiger partial charge in [0.05, 0.1) is 101 Å². The summed E-state index contributed by atoms with van der Waals surface area (Å²) in [6.45, 7) is 34.6. The first-order chi connectivity index (χ1) is 66.1. The van der Waals surface area contributed by atoms with Gasteiger partial charge < -0.3 is 82.2 Å². The Morgan fingerprint density at radius 2 is 0.826 bits per heavy atom. The van der Waals surface area contributed by atoms with Gasteiger partial charge in [-0.2, -0.15) is 0 Å². The van der Waals surface area contributed by atoms with E-state index < -0.39 is 82.1 Å². The van der Waals surface area contributed by atoms with Crippen LogP contribution in [0.25, 0.3) is 33.8 Å². The van der Waals surface area contributed by atoms with Crippen LogP contribution in [0.15, 0.2) is 179 Å². The van der Waals surface area contributed by atoms with Crippen LogP contribution in [0.1, 0.15) is 133 Å². The lowest BCUT2D eigenvalue weighted by molar-refractivity contribution is -0.134. The zero-order valence-electron chi connectivity index (χ0n) is 81.0. The number of nitrogens with two attached hydrogens (primary N) is 1. The number of halogens is 5. The smallest absolute Gasteiger partial charge is 0.416 e. The zero-order chi connectivity index (χ0) is 99.3. The monoisotopic (exact) mass is 1920 g/mol. The van der Waals surface area contributed by atoms with Gasteiger partial charge in [-0.3, -0.25) is 28.3 Å². The van der Waals surface area contributed by atoms with E-state index in [9.17, 15) is 50.7 Å². The highest BCUT2D eigenvalue weighted by molar-refractivity contribution is 5.77. The molecule has 3 N–H and O–H groups in total. The fourth-order valence-electron chi connectivity index (χ4n) is 14.5. The molecule has 4 amide bonds. The van der Waals surface area contributed by atoms with Gasteiger partial charge in [0.25, 0.3) is 0 Å². The largest absolute Gasteiger partial charge is 0.469 e. The van der Waals surface area contributed by atoms with Crippen LogP contribution in [-0.4, -0.2) is 289 Å². The molecule has 6 aromatic heterocycles. The Morgan fingerprint density at radius 3 is 1.23 bits per heavy atom. The van der Waals surface area contributed by atoms with E-state index in [2.05, 4.69) is 32.1 Å². The van der Waals surface area contributed by atoms with E-state index >= 15 is 0 Å². The number of carbonyl (C=O) groups is 6. The number of aromatic nitrogens is 6. The molecule has 14 rings (SSSR count). The number of rotatable bonds is 33. The summed E-state index contributed by atoms with van der Waals surface area (Å²) in [5.41, 5.74) is 10.4. The Bertz CT molecular complexity index is 5580. The Morgan fingerprint density at radius 1 is 0.435 bits per heavy atom. The maximum Gasteiger partial charge on any atom is 0.416 e. The van der Waals surface area contributed by atoms with Crippen molar-refractivity contribution in [2.75, 3.05) is 172 Å². The molecule has 11 aromatic rings. The fraction of sp³-hybridized carbons (Fsp3) is 0.451. The fourth-order valence-corrected chi connectivity index (χ4v) is 14.5. The summed E-state index contributed by atoms with van der Waals surface area (Å²) in [5.74, 6) is -10.8. The number of benzene rings is 5. The summed E-state index contributed by atoms with van der Waals surface area (Å²) < 4.78 is 128. The Labute approximate surface area is 802 Å². The summed E-state index contributed by atoms with van der Waals surface area (Å²) in [4.78, 5) is 106. The average molecular weight is 1920 g/mol. The highest BCUT2D eigenvalue weighted by atomic mass is 19.2. The van der Waals surface area contributed by atoms with Crippen molar-refractivity contribution in [3.8, 4) is 34.3 Å². The highest BCUT2D eigenvalue weighted by Gasteiger charge is 2.33. The number of nitrogens with one attached hydrogen (secondary N) is 1. The Kier molecular flexibility index (Phi) is 41.6. The molecule has 0 unspecified atom stereocenters. The second-order valence-electron chi connectivity index (χ2n) is 36.2. The standard InChI is InChI=1S/C40H48N6O6.C32H20F5N3O3.C15H31N3O3.C8H15NO3.C7H16N2O/c1-40(2,3)52-38(47)43(4)20-21-45(19-12-18-44-22-25-49-26-23-44)39(48)51-37-34(28-32-17-11-24-50-32)42-36-33(27-30-13-7-5-8-14-30)41-35(29-46(36)37)31-15-9-6-10-16-31;33-26-21(27(34)29(36)30(37)28(26)35)16-25(41)43-32-23(15-20-12-7-13-42-20)39-31-22(14-18-8-3-1-4-9-18)38-24(17-40(31)32)19-10-5-2-6-11-19;1-15(2,3)21-14(19)17(4)9-7-16-6-5-8-18-10-12-20-13-11-18;1-8(2,3)12-7(11)9(4)5-6-10;8-2-1-3-9-4-6-10-7-5-9/h5-11,13-17,24,29H,12,18-23,25-28H2,1-4H3;1-13,17H,14-16H2;16H,5-13H2,1-4H3;6H,5H2,1-4H3;1-8H2. The van der Waals surface area contributed by atoms with Gasteiger partial charge in [0, 0.05) is 142 Å². The molecule has 3 saturated heterocycles. The summed E-state index contributed by atoms with van der Waals surface area (Å²) in [6.07, 6.45) is 8.44. The molecule has 0 atom stereocenters. The molecule has 0 saturated carbocycles. The van der Waals surface area contributed by atoms with Crippen molar-refractivity contribution in [2.45, 2.75) is 130 Å². The van der Waals surface area contributed by atoms with Crippen LogP contribution in [0, 0.1) is 29.1 Å². The molecule has 31 nitrogen and oxygen atoms in total. The first-order valence-electron chi connectivity index (χ1n) is 46.4. The van der Waals surface area contributed by atoms with Crippen LogP contribution in [0.4, 0.5) is 41.1 Å². The summed E-state index contributed by atoms with van der Waals surface area (Å²) in [7, 11) is 4.95. The lowest BCUT2D eigenvalue weighted by atomic mass is 10.1. The molecular formula is C102H130F5N15O16. The predicted molar refractivity (Wildman–Crippen MR) is 512 cm³/mol. The maximum atomic E-state index is 14.4. The molecule has 744 valence electrons. The quantitative estimate of drug-likeness (QED) is 0.00734. The third kappa shape index (κ3) is 34.6. The van der Waals surface area contributed by atoms with Crippen molar-refractivity contribution < 1.29 is 97.4 Å². The van der Waals surface area contributed by atoms with Crippen LogP contribution in [0.5, 0.6) is 11.8 Å². The van der Waals surface area contributed by atoms with Gasteiger partial charge in [0.1, 0.15) is 46.0 Å². The van der Waals surface area contributed by atoms with Gasteiger partial charge in [0.15, 0.2) is 34.6 Å². The molecule has 0 spiro atoms. The minimum Gasteiger partial charge on any atom is -0.469 e. The van der Waals surface area contributed by atoms with Gasteiger partial charge in [-0.05, 0) is 143 Å². The van der Waals surface area contributed by atoms with Crippen molar-refractivity contribution in [1.29, 1.82) is 0 Å². The van der Waals surface area contributed by atoms with Gasteiger partial charge in [-0.1, -0.05) is 121 Å². The van der Waals surface area contributed by atoms with Crippen LogP contribution < -0.4 is 20.5 Å². The Hall–Kier alpha value is -12.6. The number of morpholine rings is 3. The number of furan rings is 2. The highest BCUT2D eigenvalue weighted by Crippen LogP contribution is 2.34. The first kappa shape index (κ1) is 107. The second kappa shape index (κ2) is 53.4. The lowest BCUT2D eigenvalue weighted by Crippen LogP contribution is -2.44. The first-order valence-corrected chi connectivity index (χ1v) is 46.4. The Balaban J connectivity index is 0.000000202. The molecule has 138 heavy (non-hydrogen) atoms. The molecule has 0 radical (unpaired) electrons. The number of amides is 4. The topological polar surface area (TPSA) is 324 Å². The molecular weight excluding hydrogens is 1790 g/mol. The summed E-state index contributed by atoms with van der Waals surface area (Å²) in [6, 6.07) is 45.8. The predicted octanol–water partition coefficient (Wildman–Crippen LogP) is 15.5. The third-order valence-corrected chi connectivity index (χ3v) is 21.6. The van der Waals surface area contributed by atoms with Crippen molar-refractivity contribution >= 4 is 47.9 Å². The number of fused-ring (bicyclic) bond motifs is 2. The second-order valence-corrected chi connectivity index (χ2v) is 36.2. The van der Waals surface area contributed by atoms with Crippen molar-refractivity contribution in [3.63, 3.8) is 0 Å². The zero-order valence-corrected chi connectivity index (χ0v) is 81.0. The number of imidazole rings is 2. The molecule has 0 aliphatic carbocycles. The van der Waals surface area contributed by atoms with E-state index in [-0.39, 0.29) is 43.7 Å². The molecule has 3 fully saturated rings. The maximum absolute atomic E-state index is 14.4.